The van der Waals surface area contributed by atoms with Crippen LogP contribution in [0.2, 0.25) is 10.0 Å². The van der Waals surface area contributed by atoms with E-state index in [1.807, 2.05) is 111 Å². The molecule has 6 unspecified atom stereocenters. The van der Waals surface area contributed by atoms with E-state index in [1.54, 1.807) is 85.8 Å². The van der Waals surface area contributed by atoms with Crippen molar-refractivity contribution < 1.29 is 60.4 Å². The predicted molar refractivity (Wildman–Crippen MR) is 413 cm³/mol. The van der Waals surface area contributed by atoms with Crippen molar-refractivity contribution in [2.45, 2.75) is 140 Å². The molecule has 3 aliphatic heterocycles. The van der Waals surface area contributed by atoms with Crippen molar-refractivity contribution in [3.63, 3.8) is 0 Å². The number of carbonyl (C=O) groups is 1. The molecule has 111 heavy (non-hydrogen) atoms. The number of benzene rings is 6. The number of anilines is 1. The van der Waals surface area contributed by atoms with Crippen LogP contribution in [0.4, 0.5) is 5.82 Å². The molecule has 3 fully saturated rings. The number of para-hydroxylation sites is 1. The highest BCUT2D eigenvalue weighted by atomic mass is 35.5. The van der Waals surface area contributed by atoms with Crippen LogP contribution in [0.15, 0.2) is 196 Å². The number of hydrogen-bond donors (Lipinski definition) is 3. The summed E-state index contributed by atoms with van der Waals surface area (Å²) in [5.74, 6) is -1.09. The average Bonchev–Trinajstić information content (AvgIpc) is 1.46. The van der Waals surface area contributed by atoms with E-state index in [-0.39, 0.29) is 94.9 Å². The SMILES string of the molecule is COc1ccc(C(OC[C@@H]2O[C@@H](n3cnc4c(NC(=O)c5ccccc5)ncnc43)C[C@H]2C(c2cc[c]c(Cl)c2)[C@H]2O[C@@H](n3cc(C)c(=O)[nH]c3=O)C[C@@H]2OP(=O)(OCC2OC(n3cc(C)c(=O)[nH]c3=O)CC2OP(OCCC#N)N(C(C)C)C(C)C)Oc2ccccc2Cl)(c2ccccc2)c2ccc(OC)cc2)cc1. The number of nitriles is 1. The van der Waals surface area contributed by atoms with Gasteiger partial charge < -0.3 is 47.3 Å². The number of aryl methyl sites for hydroxylation is 2. The number of ether oxygens (including phenoxy) is 6. The van der Waals surface area contributed by atoms with Gasteiger partial charge in [0, 0.05) is 76.9 Å². The second-order valence-corrected chi connectivity index (χ2v) is 31.2. The van der Waals surface area contributed by atoms with Crippen molar-refractivity contribution in [2.75, 3.05) is 39.4 Å². The number of nitrogens with one attached hydrogen (secondary N) is 3. The number of aromatic nitrogens is 8. The Labute approximate surface area is 650 Å². The molecule has 28 nitrogen and oxygen atoms in total. The first-order valence-electron chi connectivity index (χ1n) is 36.0. The maximum Gasteiger partial charge on any atom is 0.530 e. The summed E-state index contributed by atoms with van der Waals surface area (Å²) in [5, 5.41) is 12.8. The van der Waals surface area contributed by atoms with Gasteiger partial charge in [0.15, 0.2) is 17.0 Å². The number of imidazole rings is 1. The van der Waals surface area contributed by atoms with Crippen molar-refractivity contribution in [3.8, 4) is 23.3 Å². The van der Waals surface area contributed by atoms with Gasteiger partial charge in [-0.1, -0.05) is 120 Å². The molecule has 0 saturated carbocycles. The minimum Gasteiger partial charge on any atom is -0.497 e. The Morgan fingerprint density at radius 2 is 1.32 bits per heavy atom. The summed E-state index contributed by atoms with van der Waals surface area (Å²) in [6, 6.07) is 49.7. The Morgan fingerprint density at radius 3 is 1.93 bits per heavy atom. The molecule has 1 amide bonds. The molecule has 6 aromatic carbocycles. The third kappa shape index (κ3) is 17.6. The fraction of sp³-hybridized carbons (Fsp3) is 0.354. The molecule has 3 N–H and O–H groups in total. The van der Waals surface area contributed by atoms with Gasteiger partial charge in [0.25, 0.3) is 25.6 Å². The Balaban J connectivity index is 0.955. The molecule has 0 aliphatic carbocycles. The van der Waals surface area contributed by atoms with Gasteiger partial charge in [-0.25, -0.2) is 33.8 Å². The highest BCUT2D eigenvalue weighted by molar-refractivity contribution is 7.49. The highest BCUT2D eigenvalue weighted by Crippen LogP contribution is 2.59. The van der Waals surface area contributed by atoms with Crippen LogP contribution in [0, 0.1) is 37.2 Å². The van der Waals surface area contributed by atoms with Crippen LogP contribution in [0.3, 0.4) is 0 Å². The topological polar surface area (TPSA) is 328 Å². The monoisotopic (exact) mass is 1590 g/mol. The lowest BCUT2D eigenvalue weighted by Gasteiger charge is -2.39. The van der Waals surface area contributed by atoms with E-state index in [4.69, 9.17) is 84.2 Å². The number of amides is 1. The first-order valence-corrected chi connectivity index (χ1v) is 39.3. The first kappa shape index (κ1) is 79.6. The molecular formula is C79H82Cl2N11O17P2. The quantitative estimate of drug-likeness (QED) is 0.0206. The van der Waals surface area contributed by atoms with Crippen LogP contribution in [0.5, 0.6) is 17.2 Å². The van der Waals surface area contributed by atoms with E-state index < -0.39 is 118 Å². The number of phosphoric ester groups is 1. The molecule has 0 spiro atoms. The summed E-state index contributed by atoms with van der Waals surface area (Å²) in [7, 11) is -4.08. The van der Waals surface area contributed by atoms with Crippen molar-refractivity contribution in [1.29, 1.82) is 5.26 Å². The van der Waals surface area contributed by atoms with E-state index in [0.29, 0.717) is 33.8 Å². The number of halogens is 2. The predicted octanol–water partition coefficient (Wildman–Crippen LogP) is 13.4. The van der Waals surface area contributed by atoms with Crippen molar-refractivity contribution in [1.82, 2.24) is 43.3 Å². The number of hydrogen-bond acceptors (Lipinski definition) is 22. The van der Waals surface area contributed by atoms with Gasteiger partial charge in [0.05, 0.1) is 76.2 Å². The summed E-state index contributed by atoms with van der Waals surface area (Å²) >= 11 is 14.0. The molecule has 12 atom stereocenters. The smallest absolute Gasteiger partial charge is 0.497 e. The molecule has 579 valence electrons. The molecule has 0 bridgehead atoms. The number of methoxy groups -OCH3 is 2. The molecule has 4 aromatic heterocycles. The minimum atomic E-state index is -5.25. The van der Waals surface area contributed by atoms with Crippen LogP contribution in [-0.2, 0) is 47.2 Å². The van der Waals surface area contributed by atoms with Gasteiger partial charge in [-0.05, 0) is 125 Å². The van der Waals surface area contributed by atoms with E-state index in [1.165, 1.54) is 53.8 Å². The van der Waals surface area contributed by atoms with Crippen LogP contribution >= 0.6 is 39.6 Å². The summed E-state index contributed by atoms with van der Waals surface area (Å²) in [6.07, 6.45) is -4.02. The second kappa shape index (κ2) is 35.0. The highest BCUT2D eigenvalue weighted by Gasteiger charge is 2.55. The standard InChI is InChI=1S/C79H82Cl2N11O17P2/c1-47(2)92(48(3)4)110(102-36-18-35-82)107-62-39-67(89-41-49(5)74(93)87-77(89)96)105-65(62)44-103-111(98,108-61-26-16-15-25-60(61)81)109-63-40-68(90-42-50(6)75(94)88-78(90)97)106-71(63)69(52-21-17-24-56(80)37-52)59-38-66(91-46-85-70-72(83-45-84-73(70)91)86-76(95)51-19-11-9-12-20-51)104-64(59)43-101-79(53-22-13-10-14-23-53,54-27-31-57(99-7)32-28-54)55-29-33-58(100-8)34-30-55/h9-17,19-23,25-34,37,41-42,45-48,59,62-69,71H,18,36,38-40,43-44H2,1-8H3,(H,87,93,96)(H,88,94,97)(H,83,84,86,95)/t59-,62?,63+,64+,65?,66-,67?,68-,69?,71+,110?,111?/m1/s1. The van der Waals surface area contributed by atoms with Gasteiger partial charge in [-0.3, -0.25) is 47.1 Å². The molecule has 3 aliphatic rings. The Morgan fingerprint density at radius 1 is 0.730 bits per heavy atom. The molecule has 32 heteroatoms. The molecule has 7 heterocycles. The zero-order chi connectivity index (χ0) is 78.3. The number of fused-ring (bicyclic) bond motifs is 1. The van der Waals surface area contributed by atoms with Gasteiger partial charge >= 0.3 is 19.2 Å². The number of nitrogens with zero attached hydrogens (tertiary/aromatic N) is 8. The lowest BCUT2D eigenvalue weighted by atomic mass is 9.76. The number of carbonyl (C=O) groups excluding carboxylic acids is 1. The summed E-state index contributed by atoms with van der Waals surface area (Å²) in [6.45, 7) is 10.1. The molecule has 10 aromatic rings. The van der Waals surface area contributed by atoms with Gasteiger partial charge in [0.1, 0.15) is 60.1 Å². The molecule has 3 saturated heterocycles. The zero-order valence-electron chi connectivity index (χ0n) is 61.8. The van der Waals surface area contributed by atoms with E-state index in [2.05, 4.69) is 32.4 Å². The van der Waals surface area contributed by atoms with Crippen molar-refractivity contribution >= 4 is 62.4 Å². The molecule has 1 radical (unpaired) electrons. The van der Waals surface area contributed by atoms with Crippen LogP contribution in [0.1, 0.15) is 122 Å². The fourth-order valence-corrected chi connectivity index (χ4v) is 18.1. The number of rotatable bonds is 31. The van der Waals surface area contributed by atoms with Crippen LogP contribution < -0.4 is 41.8 Å². The van der Waals surface area contributed by atoms with Crippen LogP contribution in [0.25, 0.3) is 11.2 Å². The normalized spacial score (nSPS) is 21.0. The maximum atomic E-state index is 16.8. The van der Waals surface area contributed by atoms with E-state index in [9.17, 15) is 29.2 Å². The maximum absolute atomic E-state index is 16.8. The Bertz CT molecular complexity index is 5210. The largest absolute Gasteiger partial charge is 0.530 e. The van der Waals surface area contributed by atoms with Gasteiger partial charge in [-0.2, -0.15) is 5.26 Å². The fourth-order valence-electron chi connectivity index (χ4n) is 14.5. The Hall–Kier alpha value is -9.53. The van der Waals surface area contributed by atoms with E-state index in [0.717, 1.165) is 5.56 Å². The second-order valence-electron chi connectivity index (χ2n) is 27.4. The van der Waals surface area contributed by atoms with Crippen molar-refractivity contribution in [2.24, 2.45) is 5.92 Å². The van der Waals surface area contributed by atoms with Crippen molar-refractivity contribution in [3.05, 3.63) is 273 Å². The average molecular weight is 1590 g/mol. The van der Waals surface area contributed by atoms with Gasteiger partial charge in [-0.15, -0.1) is 0 Å². The first-order chi connectivity index (χ1) is 53.5. The zero-order valence-corrected chi connectivity index (χ0v) is 65.1. The number of aromatic amines is 2. The van der Waals surface area contributed by atoms with E-state index >= 15 is 4.57 Å². The lowest BCUT2D eigenvalue weighted by molar-refractivity contribution is -0.0954. The molecule has 13 rings (SSSR count). The summed E-state index contributed by atoms with van der Waals surface area (Å²) < 4.78 is 97.4. The number of phosphoric acid groups is 1. The third-order valence-electron chi connectivity index (χ3n) is 19.7. The molecular weight excluding hydrogens is 1510 g/mol. The third-order valence-corrected chi connectivity index (χ3v) is 23.8. The lowest BCUT2D eigenvalue weighted by Crippen LogP contribution is -2.41. The summed E-state index contributed by atoms with van der Waals surface area (Å²) in [4.78, 5) is 86.8. The van der Waals surface area contributed by atoms with Gasteiger partial charge in [0.2, 0.25) is 0 Å². The van der Waals surface area contributed by atoms with Crippen LogP contribution in [-0.4, -0.2) is 126 Å². The Kier molecular flexibility index (Phi) is 25.1. The minimum absolute atomic E-state index is 0.00434. The summed E-state index contributed by atoms with van der Waals surface area (Å²) in [5.41, 5.74) is -0.342. The number of H-pyrrole nitrogens is 2.